The first kappa shape index (κ1) is 12.8. The molecule has 2 heterocycles. The normalized spacial score (nSPS) is 10.3. The Kier molecular flexibility index (Phi) is 3.78. The summed E-state index contributed by atoms with van der Waals surface area (Å²) in [6, 6.07) is 1.45. The van der Waals surface area contributed by atoms with Gasteiger partial charge in [-0.15, -0.1) is 11.3 Å². The van der Waals surface area contributed by atoms with Crippen molar-refractivity contribution < 1.29 is 4.79 Å². The molecule has 0 saturated heterocycles. The third-order valence-electron chi connectivity index (χ3n) is 2.40. The van der Waals surface area contributed by atoms with Crippen molar-refractivity contribution in [2.75, 3.05) is 5.73 Å². The zero-order chi connectivity index (χ0) is 13.1. The molecule has 5 nitrogen and oxygen atoms in total. The fourth-order valence-electron chi connectivity index (χ4n) is 1.39. The SMILES string of the molecule is Cc1ncsc1CNC(=O)c1cc(Cl)ncc1N. The standard InChI is InChI=1S/C11H11ClN4OS/c1-6-9(18-5-16-6)4-15-11(17)7-2-10(12)14-3-8(7)13/h2-3,5H,4,13H2,1H3,(H,15,17). The Morgan fingerprint density at radius 3 is 3.00 bits per heavy atom. The number of hydrogen-bond acceptors (Lipinski definition) is 5. The predicted octanol–water partition coefficient (Wildman–Crippen LogP) is 2.01. The van der Waals surface area contributed by atoms with Gasteiger partial charge >= 0.3 is 0 Å². The maximum absolute atomic E-state index is 11.9. The Labute approximate surface area is 113 Å². The number of nitrogens with zero attached hydrogens (tertiary/aromatic N) is 2. The molecule has 7 heteroatoms. The Hall–Kier alpha value is -1.66. The molecule has 0 aliphatic carbocycles. The number of aryl methyl sites for hydroxylation is 1. The number of nitrogens with one attached hydrogen (secondary N) is 1. The number of nitrogen functional groups attached to an aromatic ring is 1. The third kappa shape index (κ3) is 2.77. The van der Waals surface area contributed by atoms with Crippen LogP contribution < -0.4 is 11.1 Å². The Bertz CT molecular complexity index is 584. The van der Waals surface area contributed by atoms with Crippen molar-refractivity contribution >= 4 is 34.5 Å². The molecule has 2 rings (SSSR count). The molecular weight excluding hydrogens is 272 g/mol. The monoisotopic (exact) mass is 282 g/mol. The summed E-state index contributed by atoms with van der Waals surface area (Å²) < 4.78 is 0. The van der Waals surface area contributed by atoms with Gasteiger partial charge in [0.2, 0.25) is 0 Å². The number of carbonyl (C=O) groups is 1. The molecule has 0 saturated carbocycles. The first-order valence-corrected chi connectivity index (χ1v) is 6.42. The number of nitrogens with two attached hydrogens (primary N) is 1. The van der Waals surface area contributed by atoms with E-state index < -0.39 is 0 Å². The minimum atomic E-state index is -0.274. The summed E-state index contributed by atoms with van der Waals surface area (Å²) in [6.07, 6.45) is 1.37. The average molecular weight is 283 g/mol. The van der Waals surface area contributed by atoms with Gasteiger partial charge in [-0.2, -0.15) is 0 Å². The van der Waals surface area contributed by atoms with Crippen molar-refractivity contribution in [2.45, 2.75) is 13.5 Å². The fraction of sp³-hybridized carbons (Fsp3) is 0.182. The lowest BCUT2D eigenvalue weighted by Crippen LogP contribution is -2.23. The van der Waals surface area contributed by atoms with Crippen LogP contribution >= 0.6 is 22.9 Å². The number of anilines is 1. The van der Waals surface area contributed by atoms with Gasteiger partial charge in [-0.05, 0) is 13.0 Å². The molecule has 0 unspecified atom stereocenters. The van der Waals surface area contributed by atoms with Crippen molar-refractivity contribution in [3.05, 3.63) is 39.1 Å². The molecule has 0 aliphatic heterocycles. The number of thiazole rings is 1. The van der Waals surface area contributed by atoms with Crippen molar-refractivity contribution in [2.24, 2.45) is 0 Å². The van der Waals surface area contributed by atoms with E-state index in [2.05, 4.69) is 15.3 Å². The zero-order valence-electron chi connectivity index (χ0n) is 9.61. The Balaban J connectivity index is 2.08. The van der Waals surface area contributed by atoms with Crippen LogP contribution in [0.5, 0.6) is 0 Å². The van der Waals surface area contributed by atoms with E-state index >= 15 is 0 Å². The highest BCUT2D eigenvalue weighted by molar-refractivity contribution is 7.09. The van der Waals surface area contributed by atoms with Gasteiger partial charge < -0.3 is 11.1 Å². The second-order valence-electron chi connectivity index (χ2n) is 3.64. The van der Waals surface area contributed by atoms with E-state index in [-0.39, 0.29) is 11.1 Å². The van der Waals surface area contributed by atoms with Gasteiger partial charge in [-0.25, -0.2) is 9.97 Å². The maximum atomic E-state index is 11.9. The summed E-state index contributed by atoms with van der Waals surface area (Å²) in [7, 11) is 0. The lowest BCUT2D eigenvalue weighted by atomic mass is 10.2. The molecule has 0 radical (unpaired) electrons. The highest BCUT2D eigenvalue weighted by atomic mass is 35.5. The number of carbonyl (C=O) groups excluding carboxylic acids is 1. The number of aromatic nitrogens is 2. The molecule has 0 fully saturated rings. The van der Waals surface area contributed by atoms with E-state index in [0.29, 0.717) is 17.8 Å². The summed E-state index contributed by atoms with van der Waals surface area (Å²) >= 11 is 7.23. The summed E-state index contributed by atoms with van der Waals surface area (Å²) in [6.45, 7) is 2.32. The largest absolute Gasteiger partial charge is 0.397 e. The van der Waals surface area contributed by atoms with Crippen LogP contribution in [-0.4, -0.2) is 15.9 Å². The van der Waals surface area contributed by atoms with E-state index in [9.17, 15) is 4.79 Å². The minimum Gasteiger partial charge on any atom is -0.397 e. The van der Waals surface area contributed by atoms with Gasteiger partial charge in [0, 0.05) is 4.88 Å². The van der Waals surface area contributed by atoms with Crippen LogP contribution in [0.2, 0.25) is 5.15 Å². The smallest absolute Gasteiger partial charge is 0.253 e. The van der Waals surface area contributed by atoms with Crippen LogP contribution in [0.15, 0.2) is 17.8 Å². The van der Waals surface area contributed by atoms with Gasteiger partial charge in [-0.3, -0.25) is 4.79 Å². The lowest BCUT2D eigenvalue weighted by molar-refractivity contribution is 0.0952. The van der Waals surface area contributed by atoms with Gasteiger partial charge in [0.1, 0.15) is 5.15 Å². The van der Waals surface area contributed by atoms with Crippen molar-refractivity contribution in [1.82, 2.24) is 15.3 Å². The fourth-order valence-corrected chi connectivity index (χ4v) is 2.26. The molecule has 0 atom stereocenters. The van der Waals surface area contributed by atoms with E-state index in [1.165, 1.54) is 23.6 Å². The summed E-state index contributed by atoms with van der Waals surface area (Å²) in [4.78, 5) is 20.9. The molecule has 3 N–H and O–H groups in total. The van der Waals surface area contributed by atoms with Crippen molar-refractivity contribution in [3.63, 3.8) is 0 Å². The number of pyridine rings is 1. The molecule has 2 aromatic rings. The Morgan fingerprint density at radius 2 is 2.33 bits per heavy atom. The second-order valence-corrected chi connectivity index (χ2v) is 4.96. The maximum Gasteiger partial charge on any atom is 0.253 e. The van der Waals surface area contributed by atoms with Crippen LogP contribution in [0, 0.1) is 6.92 Å². The van der Waals surface area contributed by atoms with E-state index in [0.717, 1.165) is 10.6 Å². The molecule has 0 aromatic carbocycles. The lowest BCUT2D eigenvalue weighted by Gasteiger charge is -2.06. The quantitative estimate of drug-likeness (QED) is 0.844. The first-order chi connectivity index (χ1) is 8.58. The van der Waals surface area contributed by atoms with Gasteiger partial charge in [0.25, 0.3) is 5.91 Å². The molecule has 0 bridgehead atoms. The number of halogens is 1. The number of rotatable bonds is 3. The predicted molar refractivity (Wildman–Crippen MR) is 71.7 cm³/mol. The molecular formula is C11H11ClN4OS. The van der Waals surface area contributed by atoms with Crippen LogP contribution in [0.25, 0.3) is 0 Å². The van der Waals surface area contributed by atoms with Crippen LogP contribution in [0.4, 0.5) is 5.69 Å². The molecule has 94 valence electrons. The topological polar surface area (TPSA) is 80.9 Å². The molecule has 0 aliphatic rings. The molecule has 18 heavy (non-hydrogen) atoms. The summed E-state index contributed by atoms with van der Waals surface area (Å²) in [5.41, 5.74) is 8.97. The summed E-state index contributed by atoms with van der Waals surface area (Å²) in [5, 5.41) is 3.01. The highest BCUT2D eigenvalue weighted by Gasteiger charge is 2.11. The van der Waals surface area contributed by atoms with Gasteiger partial charge in [0.15, 0.2) is 0 Å². The third-order valence-corrected chi connectivity index (χ3v) is 3.54. The zero-order valence-corrected chi connectivity index (χ0v) is 11.2. The molecule has 2 aromatic heterocycles. The van der Waals surface area contributed by atoms with Crippen molar-refractivity contribution in [1.29, 1.82) is 0 Å². The van der Waals surface area contributed by atoms with E-state index in [1.54, 1.807) is 5.51 Å². The van der Waals surface area contributed by atoms with E-state index in [1.807, 2.05) is 6.92 Å². The molecule has 0 spiro atoms. The number of amides is 1. The van der Waals surface area contributed by atoms with Crippen LogP contribution in [0.3, 0.4) is 0 Å². The van der Waals surface area contributed by atoms with Crippen molar-refractivity contribution in [3.8, 4) is 0 Å². The van der Waals surface area contributed by atoms with Crippen LogP contribution in [-0.2, 0) is 6.54 Å². The van der Waals surface area contributed by atoms with Gasteiger partial charge in [0.05, 0.1) is 35.2 Å². The first-order valence-electron chi connectivity index (χ1n) is 5.16. The van der Waals surface area contributed by atoms with E-state index in [4.69, 9.17) is 17.3 Å². The average Bonchev–Trinajstić information content (AvgIpc) is 2.75. The Morgan fingerprint density at radius 1 is 1.56 bits per heavy atom. The highest BCUT2D eigenvalue weighted by Crippen LogP contribution is 2.16. The molecule has 1 amide bonds. The summed E-state index contributed by atoms with van der Waals surface area (Å²) in [5.74, 6) is -0.274. The minimum absolute atomic E-state index is 0.239. The van der Waals surface area contributed by atoms with Gasteiger partial charge in [-0.1, -0.05) is 11.6 Å². The number of hydrogen-bond donors (Lipinski definition) is 2. The van der Waals surface area contributed by atoms with Crippen LogP contribution in [0.1, 0.15) is 20.9 Å². The second kappa shape index (κ2) is 5.32.